The summed E-state index contributed by atoms with van der Waals surface area (Å²) in [5, 5.41) is 12.7. The smallest absolute Gasteiger partial charge is 0.268 e. The van der Waals surface area contributed by atoms with Crippen LogP contribution in [0.25, 0.3) is 11.3 Å². The first-order valence-corrected chi connectivity index (χ1v) is 9.39. The summed E-state index contributed by atoms with van der Waals surface area (Å²) in [6, 6.07) is 8.62. The number of nitrogens with two attached hydrogens (primary N) is 1. The molecule has 0 spiro atoms. The van der Waals surface area contributed by atoms with Gasteiger partial charge in [0.1, 0.15) is 10.7 Å². The van der Waals surface area contributed by atoms with Crippen molar-refractivity contribution in [2.75, 3.05) is 20.8 Å². The molecule has 28 heavy (non-hydrogen) atoms. The third-order valence-electron chi connectivity index (χ3n) is 4.19. The molecule has 1 atom stereocenters. The van der Waals surface area contributed by atoms with Crippen LogP contribution in [-0.4, -0.2) is 41.7 Å². The first-order chi connectivity index (χ1) is 13.6. The largest absolute Gasteiger partial charge is 0.493 e. The van der Waals surface area contributed by atoms with Crippen molar-refractivity contribution in [2.45, 2.75) is 12.6 Å². The van der Waals surface area contributed by atoms with Crippen LogP contribution < -0.4 is 20.5 Å². The lowest BCUT2D eigenvalue weighted by atomic mass is 10.1. The molecule has 0 fully saturated rings. The number of thiazole rings is 1. The average molecular weight is 402 g/mol. The third kappa shape index (κ3) is 4.16. The van der Waals surface area contributed by atoms with Gasteiger partial charge in [-0.15, -0.1) is 11.3 Å². The van der Waals surface area contributed by atoms with Crippen LogP contribution in [0.1, 0.15) is 26.4 Å². The molecule has 1 unspecified atom stereocenters. The molecule has 8 nitrogen and oxygen atoms in total. The van der Waals surface area contributed by atoms with E-state index in [0.717, 1.165) is 16.1 Å². The van der Waals surface area contributed by atoms with E-state index in [4.69, 9.17) is 15.2 Å². The van der Waals surface area contributed by atoms with Crippen molar-refractivity contribution in [1.29, 1.82) is 0 Å². The summed E-state index contributed by atoms with van der Waals surface area (Å²) >= 11 is 1.32. The number of hydrogen-bond donors (Lipinski definition) is 4. The van der Waals surface area contributed by atoms with Gasteiger partial charge in [0.2, 0.25) is 0 Å². The molecule has 0 aliphatic carbocycles. The van der Waals surface area contributed by atoms with Crippen molar-refractivity contribution in [2.24, 2.45) is 5.73 Å². The summed E-state index contributed by atoms with van der Waals surface area (Å²) < 4.78 is 10.6. The number of carbonyl (C=O) groups excluding carboxylic acids is 1. The van der Waals surface area contributed by atoms with Gasteiger partial charge >= 0.3 is 0 Å². The maximum absolute atomic E-state index is 12.6. The number of nitrogens with one attached hydrogen (secondary N) is 2. The zero-order chi connectivity index (χ0) is 20.1. The van der Waals surface area contributed by atoms with Gasteiger partial charge in [0.25, 0.3) is 5.91 Å². The number of amides is 1. The number of rotatable bonds is 8. The topological polar surface area (TPSA) is 122 Å². The lowest BCUT2D eigenvalue weighted by molar-refractivity contribution is 0.0933. The summed E-state index contributed by atoms with van der Waals surface area (Å²) in [5.41, 5.74) is 7.83. The van der Waals surface area contributed by atoms with Crippen molar-refractivity contribution in [1.82, 2.24) is 15.3 Å². The van der Waals surface area contributed by atoms with Crippen LogP contribution in [0.3, 0.4) is 0 Å². The molecule has 0 saturated carbocycles. The van der Waals surface area contributed by atoms with Crippen molar-refractivity contribution in [3.05, 3.63) is 52.1 Å². The van der Waals surface area contributed by atoms with Gasteiger partial charge in [-0.25, -0.2) is 4.98 Å². The first kappa shape index (κ1) is 19.9. The Kier molecular flexibility index (Phi) is 6.30. The number of benzene rings is 1. The second-order valence-electron chi connectivity index (χ2n) is 5.94. The van der Waals surface area contributed by atoms with E-state index in [0.29, 0.717) is 22.2 Å². The SMILES string of the molecule is COc1ccc(-c2ccc(C(=O)NC(CN)c3ncc(CO)s3)[nH]2)cc1OC. The Balaban J connectivity index is 1.76. The minimum absolute atomic E-state index is 0.0891. The lowest BCUT2D eigenvalue weighted by Crippen LogP contribution is -2.33. The van der Waals surface area contributed by atoms with Gasteiger partial charge in [-0.05, 0) is 30.3 Å². The van der Waals surface area contributed by atoms with Crippen molar-refractivity contribution < 1.29 is 19.4 Å². The minimum atomic E-state index is -0.425. The Labute approximate surface area is 166 Å². The molecule has 1 aromatic carbocycles. The Morgan fingerprint density at radius 3 is 2.71 bits per heavy atom. The standard InChI is InChI=1S/C19H22N4O4S/c1-26-16-6-3-11(7-17(16)27-2)13-4-5-14(22-13)18(25)23-15(8-20)19-21-9-12(10-24)28-19/h3-7,9,15,22,24H,8,10,20H2,1-2H3,(H,23,25). The van der Waals surface area contributed by atoms with Gasteiger partial charge in [0.15, 0.2) is 11.5 Å². The summed E-state index contributed by atoms with van der Waals surface area (Å²) in [5.74, 6) is 0.947. The highest BCUT2D eigenvalue weighted by Crippen LogP contribution is 2.32. The van der Waals surface area contributed by atoms with E-state index in [1.807, 2.05) is 18.2 Å². The quantitative estimate of drug-likeness (QED) is 0.458. The van der Waals surface area contributed by atoms with Crippen LogP contribution in [0.2, 0.25) is 0 Å². The van der Waals surface area contributed by atoms with Gasteiger partial charge in [0.05, 0.1) is 31.7 Å². The number of aliphatic hydroxyl groups excluding tert-OH is 1. The average Bonchev–Trinajstić information content (AvgIpc) is 3.41. The van der Waals surface area contributed by atoms with E-state index >= 15 is 0 Å². The lowest BCUT2D eigenvalue weighted by Gasteiger charge is -2.13. The fraction of sp³-hybridized carbons (Fsp3) is 0.263. The van der Waals surface area contributed by atoms with E-state index in [1.165, 1.54) is 11.3 Å². The number of carbonyl (C=O) groups is 1. The molecule has 0 radical (unpaired) electrons. The van der Waals surface area contributed by atoms with Crippen molar-refractivity contribution in [3.8, 4) is 22.8 Å². The maximum Gasteiger partial charge on any atom is 0.268 e. The number of aromatic nitrogens is 2. The number of nitrogens with zero attached hydrogens (tertiary/aromatic N) is 1. The monoisotopic (exact) mass is 402 g/mol. The highest BCUT2D eigenvalue weighted by atomic mass is 32.1. The fourth-order valence-corrected chi connectivity index (χ4v) is 3.56. The number of aliphatic hydroxyl groups is 1. The molecular formula is C19H22N4O4S. The van der Waals surface area contributed by atoms with Gasteiger partial charge in [0, 0.05) is 24.0 Å². The second kappa shape index (κ2) is 8.87. The Bertz CT molecular complexity index is 953. The Hall–Kier alpha value is -2.88. The molecule has 3 rings (SSSR count). The number of aromatic amines is 1. The normalized spacial score (nSPS) is 11.9. The summed E-state index contributed by atoms with van der Waals surface area (Å²) in [4.78, 5) is 20.7. The van der Waals surface area contributed by atoms with E-state index in [-0.39, 0.29) is 19.1 Å². The highest BCUT2D eigenvalue weighted by molar-refractivity contribution is 7.11. The Morgan fingerprint density at radius 1 is 1.29 bits per heavy atom. The number of hydrogen-bond acceptors (Lipinski definition) is 7. The summed E-state index contributed by atoms with van der Waals surface area (Å²) in [6.45, 7) is 0.113. The van der Waals surface area contributed by atoms with Crippen LogP contribution in [-0.2, 0) is 6.61 Å². The maximum atomic E-state index is 12.6. The predicted molar refractivity (Wildman–Crippen MR) is 107 cm³/mol. The van der Waals surface area contributed by atoms with Crippen molar-refractivity contribution in [3.63, 3.8) is 0 Å². The molecule has 148 valence electrons. The molecule has 0 saturated heterocycles. The summed E-state index contributed by atoms with van der Waals surface area (Å²) in [6.07, 6.45) is 1.58. The van der Waals surface area contributed by atoms with Crippen molar-refractivity contribution >= 4 is 17.2 Å². The number of ether oxygens (including phenoxy) is 2. The van der Waals surface area contributed by atoms with Gasteiger partial charge in [-0.3, -0.25) is 4.79 Å². The molecule has 9 heteroatoms. The minimum Gasteiger partial charge on any atom is -0.493 e. The van der Waals surface area contributed by atoms with Gasteiger partial charge < -0.3 is 30.6 Å². The van der Waals surface area contributed by atoms with Crippen LogP contribution in [0.4, 0.5) is 0 Å². The van der Waals surface area contributed by atoms with E-state index in [9.17, 15) is 9.90 Å². The number of methoxy groups -OCH3 is 2. The summed E-state index contributed by atoms with van der Waals surface area (Å²) in [7, 11) is 3.15. The molecule has 3 aromatic rings. The van der Waals surface area contributed by atoms with Crippen LogP contribution in [0, 0.1) is 0 Å². The molecule has 0 bridgehead atoms. The van der Waals surface area contributed by atoms with E-state index < -0.39 is 6.04 Å². The molecule has 0 aliphatic rings. The molecule has 2 heterocycles. The molecule has 1 amide bonds. The highest BCUT2D eigenvalue weighted by Gasteiger charge is 2.19. The van der Waals surface area contributed by atoms with Crippen LogP contribution in [0.15, 0.2) is 36.5 Å². The Morgan fingerprint density at radius 2 is 2.07 bits per heavy atom. The van der Waals surface area contributed by atoms with E-state index in [2.05, 4.69) is 15.3 Å². The van der Waals surface area contributed by atoms with Crippen LogP contribution >= 0.6 is 11.3 Å². The van der Waals surface area contributed by atoms with E-state index in [1.54, 1.807) is 32.5 Å². The first-order valence-electron chi connectivity index (χ1n) is 8.57. The molecule has 5 N–H and O–H groups in total. The zero-order valence-corrected chi connectivity index (χ0v) is 16.4. The number of H-pyrrole nitrogens is 1. The molecule has 2 aromatic heterocycles. The molecular weight excluding hydrogens is 380 g/mol. The predicted octanol–water partition coefficient (Wildman–Crippen LogP) is 2.08. The zero-order valence-electron chi connectivity index (χ0n) is 15.6. The van der Waals surface area contributed by atoms with Crippen LogP contribution in [0.5, 0.6) is 11.5 Å². The molecule has 0 aliphatic heterocycles. The van der Waals surface area contributed by atoms with Gasteiger partial charge in [-0.2, -0.15) is 0 Å². The van der Waals surface area contributed by atoms with Gasteiger partial charge in [-0.1, -0.05) is 0 Å². The second-order valence-corrected chi connectivity index (χ2v) is 7.09. The fourth-order valence-electron chi connectivity index (χ4n) is 2.71. The third-order valence-corrected chi connectivity index (χ3v) is 5.29.